The van der Waals surface area contributed by atoms with Gasteiger partial charge in [0.05, 0.1) is 17.6 Å². The summed E-state index contributed by atoms with van der Waals surface area (Å²) in [6.07, 6.45) is 7.63. The van der Waals surface area contributed by atoms with Crippen molar-refractivity contribution in [3.63, 3.8) is 0 Å². The number of anilines is 1. The molecule has 1 amide bonds. The second-order valence-electron chi connectivity index (χ2n) is 8.66. The SMILES string of the molecule is C=C(Oc1cnc2cc(CN3[C@@H]4CC[C@H]3C[C@H](NC(C)=O)C4)oc2c1)Sc1cccnc1N. The summed E-state index contributed by atoms with van der Waals surface area (Å²) in [5, 5.41) is 3.57. The van der Waals surface area contributed by atoms with Crippen LogP contribution in [0.1, 0.15) is 38.4 Å². The van der Waals surface area contributed by atoms with Crippen molar-refractivity contribution in [1.82, 2.24) is 20.2 Å². The Morgan fingerprint density at radius 3 is 2.85 bits per heavy atom. The molecule has 33 heavy (non-hydrogen) atoms. The third kappa shape index (κ3) is 4.84. The fraction of sp³-hybridized carbons (Fsp3) is 0.375. The van der Waals surface area contributed by atoms with Crippen molar-refractivity contribution in [2.24, 2.45) is 0 Å². The van der Waals surface area contributed by atoms with E-state index < -0.39 is 0 Å². The molecule has 8 nitrogen and oxygen atoms in total. The molecule has 2 bridgehead atoms. The molecule has 2 saturated heterocycles. The van der Waals surface area contributed by atoms with Crippen molar-refractivity contribution in [3.05, 3.63) is 54.1 Å². The quantitative estimate of drug-likeness (QED) is 0.397. The lowest BCUT2D eigenvalue weighted by Gasteiger charge is -2.38. The smallest absolute Gasteiger partial charge is 0.217 e. The lowest BCUT2D eigenvalue weighted by atomic mass is 9.97. The molecule has 0 spiro atoms. The minimum atomic E-state index is 0.0548. The number of ether oxygens (including phenoxy) is 1. The number of rotatable bonds is 7. The lowest BCUT2D eigenvalue weighted by molar-refractivity contribution is -0.120. The van der Waals surface area contributed by atoms with Gasteiger partial charge in [0.1, 0.15) is 22.8 Å². The van der Waals surface area contributed by atoms with E-state index in [4.69, 9.17) is 14.9 Å². The molecule has 9 heteroatoms. The van der Waals surface area contributed by atoms with E-state index in [0.29, 0.717) is 34.3 Å². The van der Waals surface area contributed by atoms with Crippen molar-refractivity contribution in [3.8, 4) is 5.75 Å². The van der Waals surface area contributed by atoms with Gasteiger partial charge >= 0.3 is 0 Å². The summed E-state index contributed by atoms with van der Waals surface area (Å²) < 4.78 is 12.0. The van der Waals surface area contributed by atoms with Crippen molar-refractivity contribution < 1.29 is 13.9 Å². The summed E-state index contributed by atoms with van der Waals surface area (Å²) >= 11 is 1.31. The molecule has 3 aromatic heterocycles. The zero-order chi connectivity index (χ0) is 22.9. The van der Waals surface area contributed by atoms with Gasteiger partial charge in [0.15, 0.2) is 10.7 Å². The number of amides is 1. The molecular weight excluding hydrogens is 438 g/mol. The summed E-state index contributed by atoms with van der Waals surface area (Å²) in [6.45, 7) is 6.30. The van der Waals surface area contributed by atoms with Crippen molar-refractivity contribution in [2.45, 2.75) is 62.2 Å². The minimum Gasteiger partial charge on any atom is -0.458 e. The van der Waals surface area contributed by atoms with Gasteiger partial charge in [-0.1, -0.05) is 0 Å². The number of carbonyl (C=O) groups is 1. The van der Waals surface area contributed by atoms with Crippen LogP contribution in [-0.4, -0.2) is 38.9 Å². The second-order valence-corrected chi connectivity index (χ2v) is 9.76. The minimum absolute atomic E-state index is 0.0548. The fourth-order valence-corrected chi connectivity index (χ4v) is 5.65. The Hall–Kier alpha value is -3.04. The number of hydrogen-bond acceptors (Lipinski definition) is 8. The van der Waals surface area contributed by atoms with Gasteiger partial charge in [0.2, 0.25) is 5.91 Å². The van der Waals surface area contributed by atoms with Crippen molar-refractivity contribution >= 4 is 34.6 Å². The first-order chi connectivity index (χ1) is 15.9. The maximum atomic E-state index is 11.4. The van der Waals surface area contributed by atoms with Crippen LogP contribution in [0.5, 0.6) is 5.75 Å². The Morgan fingerprint density at radius 1 is 1.33 bits per heavy atom. The highest BCUT2D eigenvalue weighted by Crippen LogP contribution is 2.38. The number of furan rings is 1. The normalized spacial score (nSPS) is 22.4. The zero-order valence-electron chi connectivity index (χ0n) is 18.5. The van der Waals surface area contributed by atoms with E-state index in [1.807, 2.05) is 24.3 Å². The predicted molar refractivity (Wildman–Crippen MR) is 127 cm³/mol. The van der Waals surface area contributed by atoms with E-state index in [-0.39, 0.29) is 11.9 Å². The summed E-state index contributed by atoms with van der Waals surface area (Å²) in [7, 11) is 0. The molecule has 0 aromatic carbocycles. The van der Waals surface area contributed by atoms with Crippen LogP contribution >= 0.6 is 11.8 Å². The molecule has 0 aliphatic carbocycles. The van der Waals surface area contributed by atoms with E-state index >= 15 is 0 Å². The Morgan fingerprint density at radius 2 is 2.12 bits per heavy atom. The first kappa shape index (κ1) is 21.8. The zero-order valence-corrected chi connectivity index (χ0v) is 19.3. The van der Waals surface area contributed by atoms with E-state index in [1.165, 1.54) is 24.6 Å². The van der Waals surface area contributed by atoms with Crippen LogP contribution in [0, 0.1) is 0 Å². The molecule has 3 N–H and O–H groups in total. The number of fused-ring (bicyclic) bond motifs is 3. The monoisotopic (exact) mass is 465 g/mol. The average molecular weight is 466 g/mol. The van der Waals surface area contributed by atoms with Gasteiger partial charge in [-0.05, 0) is 56.2 Å². The number of pyridine rings is 2. The molecule has 2 fully saturated rings. The van der Waals surface area contributed by atoms with E-state index in [0.717, 1.165) is 35.6 Å². The highest BCUT2D eigenvalue weighted by molar-refractivity contribution is 8.03. The number of thioether (sulfide) groups is 1. The fourth-order valence-electron chi connectivity index (χ4n) is 4.97. The van der Waals surface area contributed by atoms with Gasteiger partial charge in [-0.2, -0.15) is 0 Å². The maximum absolute atomic E-state index is 11.4. The third-order valence-electron chi connectivity index (χ3n) is 6.28. The summed E-state index contributed by atoms with van der Waals surface area (Å²) in [4.78, 5) is 23.3. The number of nitrogens with one attached hydrogen (secondary N) is 1. The number of nitrogens with two attached hydrogens (primary N) is 1. The summed E-state index contributed by atoms with van der Waals surface area (Å²) in [6, 6.07) is 8.75. The Kier molecular flexibility index (Phi) is 5.99. The largest absolute Gasteiger partial charge is 0.458 e. The number of nitrogen functional groups attached to an aromatic ring is 1. The van der Waals surface area contributed by atoms with Crippen LogP contribution in [0.2, 0.25) is 0 Å². The van der Waals surface area contributed by atoms with E-state index in [2.05, 4.69) is 26.8 Å². The number of piperidine rings is 1. The van der Waals surface area contributed by atoms with Crippen LogP contribution in [0.15, 0.2) is 57.6 Å². The molecule has 0 radical (unpaired) electrons. The molecule has 3 aromatic rings. The number of nitrogens with zero attached hydrogens (tertiary/aromatic N) is 3. The van der Waals surface area contributed by atoms with Crippen molar-refractivity contribution in [2.75, 3.05) is 5.73 Å². The van der Waals surface area contributed by atoms with Crippen LogP contribution in [0.25, 0.3) is 11.1 Å². The van der Waals surface area contributed by atoms with Crippen molar-refractivity contribution in [1.29, 1.82) is 0 Å². The van der Waals surface area contributed by atoms with Crippen LogP contribution in [-0.2, 0) is 11.3 Å². The summed E-state index contributed by atoms with van der Waals surface area (Å²) in [5.74, 6) is 1.94. The van der Waals surface area contributed by atoms with Gasteiger partial charge in [-0.25, -0.2) is 9.97 Å². The Balaban J connectivity index is 1.24. The first-order valence-electron chi connectivity index (χ1n) is 11.1. The van der Waals surface area contributed by atoms with Gasteiger partial charge in [0.25, 0.3) is 0 Å². The number of aromatic nitrogens is 2. The maximum Gasteiger partial charge on any atom is 0.217 e. The first-order valence-corrected chi connectivity index (χ1v) is 11.9. The van der Waals surface area contributed by atoms with Crippen LogP contribution in [0.4, 0.5) is 5.82 Å². The molecule has 5 rings (SSSR count). The van der Waals surface area contributed by atoms with Crippen LogP contribution < -0.4 is 15.8 Å². The van der Waals surface area contributed by atoms with E-state index in [9.17, 15) is 4.79 Å². The number of hydrogen-bond donors (Lipinski definition) is 2. The molecule has 2 aliphatic heterocycles. The van der Waals surface area contributed by atoms with Gasteiger partial charge in [-0.15, -0.1) is 0 Å². The third-order valence-corrected chi connectivity index (χ3v) is 7.16. The Labute approximate surface area is 196 Å². The molecule has 0 unspecified atom stereocenters. The molecule has 2 aliphatic rings. The molecule has 172 valence electrons. The topological polar surface area (TPSA) is 107 Å². The standard InChI is InChI=1S/C24H27N5O3S/c1-14(30)28-16-8-17-5-6-18(9-16)29(17)13-20-10-21-22(32-20)11-19(12-27-21)31-15(2)33-23-4-3-7-26-24(23)25/h3-4,7,10-12,16-18H,2,5-6,8-9,13H2,1H3,(H2,25,26)(H,28,30)/t16-,17-,18+. The highest BCUT2D eigenvalue weighted by atomic mass is 32.2. The van der Waals surface area contributed by atoms with Gasteiger partial charge < -0.3 is 20.2 Å². The molecule has 5 heterocycles. The number of carbonyl (C=O) groups excluding carboxylic acids is 1. The van der Waals surface area contributed by atoms with Gasteiger partial charge in [0, 0.05) is 43.4 Å². The summed E-state index contributed by atoms with van der Waals surface area (Å²) in [5.41, 5.74) is 7.37. The average Bonchev–Trinajstić information content (AvgIpc) is 3.26. The molecule has 0 saturated carbocycles. The van der Waals surface area contributed by atoms with E-state index in [1.54, 1.807) is 19.3 Å². The molecule has 3 atom stereocenters. The predicted octanol–water partition coefficient (Wildman–Crippen LogP) is 4.08. The van der Waals surface area contributed by atoms with Crippen LogP contribution in [0.3, 0.4) is 0 Å². The lowest BCUT2D eigenvalue weighted by Crippen LogP contribution is -2.49. The molecular formula is C24H27N5O3S. The highest BCUT2D eigenvalue weighted by Gasteiger charge is 2.41. The Bertz CT molecular complexity index is 1180. The van der Waals surface area contributed by atoms with Gasteiger partial charge in [-0.3, -0.25) is 9.69 Å². The second kappa shape index (κ2) is 9.07.